The van der Waals surface area contributed by atoms with Gasteiger partial charge in [0, 0.05) is 28.0 Å². The van der Waals surface area contributed by atoms with E-state index in [4.69, 9.17) is 0 Å². The van der Waals surface area contributed by atoms with Gasteiger partial charge in [-0.15, -0.1) is 0 Å². The van der Waals surface area contributed by atoms with Crippen molar-refractivity contribution in [2.75, 3.05) is 5.32 Å². The number of imidazole rings is 1. The number of aromatic nitrogens is 2. The molecule has 0 fully saturated rings. The Labute approximate surface area is 165 Å². The molecule has 2 N–H and O–H groups in total. The number of hydrogen-bond acceptors (Lipinski definition) is 3. The van der Waals surface area contributed by atoms with Crippen molar-refractivity contribution < 1.29 is 9.18 Å². The monoisotopic (exact) mass is 394 g/mol. The molecule has 7 heteroatoms. The number of urea groups is 1. The minimum Gasteiger partial charge on any atom is -0.333 e. The Morgan fingerprint density at radius 2 is 1.89 bits per heavy atom. The zero-order valence-electron chi connectivity index (χ0n) is 15.5. The molecule has 0 spiro atoms. The van der Waals surface area contributed by atoms with Gasteiger partial charge in [0.1, 0.15) is 5.82 Å². The molecule has 4 aromatic rings. The Morgan fingerprint density at radius 1 is 1.14 bits per heavy atom. The maximum absolute atomic E-state index is 13.1. The van der Waals surface area contributed by atoms with Crippen LogP contribution in [-0.4, -0.2) is 15.4 Å². The molecular formula is C21H19FN4OS. The highest BCUT2D eigenvalue weighted by Gasteiger charge is 2.14. The van der Waals surface area contributed by atoms with Gasteiger partial charge in [0.05, 0.1) is 12.2 Å². The van der Waals surface area contributed by atoms with Crippen LogP contribution in [0, 0.1) is 19.7 Å². The second kappa shape index (κ2) is 7.44. The molecule has 0 aliphatic carbocycles. The SMILES string of the molecule is Cc1ccccc1NC(=O)NCc1sc2nc(-c3ccc(F)cc3)cn2c1C. The number of anilines is 1. The Hall–Kier alpha value is -3.19. The van der Waals surface area contributed by atoms with E-state index in [1.165, 1.54) is 23.5 Å². The van der Waals surface area contributed by atoms with Crippen molar-refractivity contribution in [1.82, 2.24) is 14.7 Å². The summed E-state index contributed by atoms with van der Waals surface area (Å²) in [4.78, 5) is 18.7. The van der Waals surface area contributed by atoms with Gasteiger partial charge in [0.15, 0.2) is 4.96 Å². The zero-order valence-corrected chi connectivity index (χ0v) is 16.3. The fraction of sp³-hybridized carbons (Fsp3) is 0.143. The van der Waals surface area contributed by atoms with Crippen LogP contribution < -0.4 is 10.6 Å². The molecule has 0 aliphatic heterocycles. The van der Waals surface area contributed by atoms with E-state index in [9.17, 15) is 9.18 Å². The molecule has 0 saturated heterocycles. The minimum atomic E-state index is -0.265. The van der Waals surface area contributed by atoms with E-state index in [2.05, 4.69) is 15.6 Å². The van der Waals surface area contributed by atoms with Crippen molar-refractivity contribution in [3.8, 4) is 11.3 Å². The highest BCUT2D eigenvalue weighted by molar-refractivity contribution is 7.17. The van der Waals surface area contributed by atoms with Crippen LogP contribution >= 0.6 is 11.3 Å². The van der Waals surface area contributed by atoms with Gasteiger partial charge in [0.25, 0.3) is 0 Å². The molecule has 0 saturated carbocycles. The van der Waals surface area contributed by atoms with Crippen molar-refractivity contribution in [3.63, 3.8) is 0 Å². The van der Waals surface area contributed by atoms with E-state index in [0.717, 1.165) is 38.0 Å². The number of carbonyl (C=O) groups is 1. The lowest BCUT2D eigenvalue weighted by atomic mass is 10.2. The Balaban J connectivity index is 1.47. The lowest BCUT2D eigenvalue weighted by Gasteiger charge is -2.09. The molecule has 2 aromatic carbocycles. The number of thiazole rings is 1. The summed E-state index contributed by atoms with van der Waals surface area (Å²) in [6.45, 7) is 4.37. The van der Waals surface area contributed by atoms with Crippen LogP contribution in [0.4, 0.5) is 14.9 Å². The molecule has 0 aliphatic rings. The third-order valence-electron chi connectivity index (χ3n) is 4.60. The number of amides is 2. The number of carbonyl (C=O) groups excluding carboxylic acids is 1. The van der Waals surface area contributed by atoms with Gasteiger partial charge in [-0.1, -0.05) is 29.5 Å². The first-order valence-electron chi connectivity index (χ1n) is 8.85. The van der Waals surface area contributed by atoms with Gasteiger partial charge < -0.3 is 10.6 Å². The second-order valence-corrected chi connectivity index (χ2v) is 7.58. The predicted molar refractivity (Wildman–Crippen MR) is 110 cm³/mol. The number of fused-ring (bicyclic) bond motifs is 1. The van der Waals surface area contributed by atoms with Gasteiger partial charge in [-0.2, -0.15) is 0 Å². The van der Waals surface area contributed by atoms with Crippen molar-refractivity contribution >= 4 is 28.0 Å². The fourth-order valence-corrected chi connectivity index (χ4v) is 4.00. The Morgan fingerprint density at radius 3 is 2.61 bits per heavy atom. The number of para-hydroxylation sites is 1. The standard InChI is InChI=1S/C21H19FN4OS/c1-13-5-3-4-6-17(13)24-20(27)23-11-19-14(2)26-12-18(25-21(26)28-19)15-7-9-16(22)10-8-15/h3-10,12H,11H2,1-2H3,(H2,23,24,27). The van der Waals surface area contributed by atoms with Crippen molar-refractivity contribution in [1.29, 1.82) is 0 Å². The van der Waals surface area contributed by atoms with E-state index in [1.54, 1.807) is 12.1 Å². The van der Waals surface area contributed by atoms with Crippen LogP contribution in [0.25, 0.3) is 16.2 Å². The summed E-state index contributed by atoms with van der Waals surface area (Å²) in [5.41, 5.74) is 4.50. The topological polar surface area (TPSA) is 58.4 Å². The van der Waals surface area contributed by atoms with E-state index < -0.39 is 0 Å². The first kappa shape index (κ1) is 18.2. The molecule has 2 aromatic heterocycles. The Bertz CT molecular complexity index is 1150. The third-order valence-corrected chi connectivity index (χ3v) is 5.75. The van der Waals surface area contributed by atoms with Crippen molar-refractivity contribution in [2.24, 2.45) is 0 Å². The van der Waals surface area contributed by atoms with E-state index in [1.807, 2.05) is 48.7 Å². The van der Waals surface area contributed by atoms with Crippen molar-refractivity contribution in [2.45, 2.75) is 20.4 Å². The highest BCUT2D eigenvalue weighted by atomic mass is 32.1. The Kier molecular flexibility index (Phi) is 4.83. The van der Waals surface area contributed by atoms with Crippen LogP contribution in [-0.2, 0) is 6.54 Å². The van der Waals surface area contributed by atoms with Crippen LogP contribution in [0.5, 0.6) is 0 Å². The highest BCUT2D eigenvalue weighted by Crippen LogP contribution is 2.27. The average Bonchev–Trinajstić information content (AvgIpc) is 3.22. The maximum atomic E-state index is 13.1. The third kappa shape index (κ3) is 3.61. The molecule has 2 amide bonds. The average molecular weight is 394 g/mol. The number of aryl methyl sites for hydroxylation is 2. The van der Waals surface area contributed by atoms with Gasteiger partial charge in [-0.3, -0.25) is 4.40 Å². The summed E-state index contributed by atoms with van der Waals surface area (Å²) in [7, 11) is 0. The fourth-order valence-electron chi connectivity index (χ4n) is 2.96. The number of benzene rings is 2. The lowest BCUT2D eigenvalue weighted by Crippen LogP contribution is -2.28. The van der Waals surface area contributed by atoms with Gasteiger partial charge in [-0.05, 0) is 49.7 Å². The van der Waals surface area contributed by atoms with Gasteiger partial charge in [-0.25, -0.2) is 14.2 Å². The quantitative estimate of drug-likeness (QED) is 0.503. The van der Waals surface area contributed by atoms with Crippen LogP contribution in [0.1, 0.15) is 16.1 Å². The summed E-state index contributed by atoms with van der Waals surface area (Å²) >= 11 is 1.53. The van der Waals surface area contributed by atoms with E-state index in [-0.39, 0.29) is 11.8 Å². The van der Waals surface area contributed by atoms with E-state index in [0.29, 0.717) is 6.54 Å². The molecule has 0 radical (unpaired) electrons. The van der Waals surface area contributed by atoms with Crippen LogP contribution in [0.3, 0.4) is 0 Å². The molecule has 0 unspecified atom stereocenters. The summed E-state index contributed by atoms with van der Waals surface area (Å²) in [5.74, 6) is -0.265. The number of hydrogen-bond donors (Lipinski definition) is 2. The summed E-state index contributed by atoms with van der Waals surface area (Å²) in [6, 6.07) is 13.7. The lowest BCUT2D eigenvalue weighted by molar-refractivity contribution is 0.252. The number of nitrogens with zero attached hydrogens (tertiary/aromatic N) is 2. The van der Waals surface area contributed by atoms with Crippen LogP contribution in [0.15, 0.2) is 54.7 Å². The molecular weight excluding hydrogens is 375 g/mol. The molecule has 0 atom stereocenters. The molecule has 142 valence electrons. The summed E-state index contributed by atoms with van der Waals surface area (Å²) < 4.78 is 15.1. The molecule has 28 heavy (non-hydrogen) atoms. The molecule has 0 bridgehead atoms. The van der Waals surface area contributed by atoms with Crippen LogP contribution in [0.2, 0.25) is 0 Å². The summed E-state index contributed by atoms with van der Waals surface area (Å²) in [5, 5.41) is 5.76. The zero-order chi connectivity index (χ0) is 19.7. The minimum absolute atomic E-state index is 0.244. The summed E-state index contributed by atoms with van der Waals surface area (Å²) in [6.07, 6.45) is 1.94. The number of halogens is 1. The first-order valence-corrected chi connectivity index (χ1v) is 9.66. The van der Waals surface area contributed by atoms with Gasteiger partial charge >= 0.3 is 6.03 Å². The normalized spacial score (nSPS) is 11.0. The predicted octanol–water partition coefficient (Wildman–Crippen LogP) is 5.14. The maximum Gasteiger partial charge on any atom is 0.319 e. The van der Waals surface area contributed by atoms with Gasteiger partial charge in [0.2, 0.25) is 0 Å². The molecule has 2 heterocycles. The first-order chi connectivity index (χ1) is 13.5. The number of rotatable bonds is 4. The molecule has 4 rings (SSSR count). The smallest absolute Gasteiger partial charge is 0.319 e. The largest absolute Gasteiger partial charge is 0.333 e. The second-order valence-electron chi connectivity index (χ2n) is 6.52. The number of nitrogens with one attached hydrogen (secondary N) is 2. The molecule has 5 nitrogen and oxygen atoms in total. The van der Waals surface area contributed by atoms with E-state index >= 15 is 0 Å². The van der Waals surface area contributed by atoms with Crippen molar-refractivity contribution in [3.05, 3.63) is 76.7 Å².